The predicted octanol–water partition coefficient (Wildman–Crippen LogP) is 3.02. The van der Waals surface area contributed by atoms with Gasteiger partial charge in [-0.2, -0.15) is 0 Å². The minimum atomic E-state index is -0.207. The van der Waals surface area contributed by atoms with Crippen molar-refractivity contribution in [3.8, 4) is 5.75 Å². The fraction of sp³-hybridized carbons (Fsp3) is 0.462. The number of carbonyl (C=O) groups is 1. The smallest absolute Gasteiger partial charge is 0.223 e. The quantitative estimate of drug-likeness (QED) is 0.898. The highest BCUT2D eigenvalue weighted by Gasteiger charge is 2.13. The van der Waals surface area contributed by atoms with Crippen LogP contribution in [0.2, 0.25) is 5.02 Å². The summed E-state index contributed by atoms with van der Waals surface area (Å²) >= 11 is 5.92. The SMILES string of the molecule is CC(C)(C)NC(=O)CCOc1ccccc1Cl. The summed E-state index contributed by atoms with van der Waals surface area (Å²) in [5.74, 6) is 0.585. The van der Waals surface area contributed by atoms with Crippen LogP contribution in [0.25, 0.3) is 0 Å². The van der Waals surface area contributed by atoms with Gasteiger partial charge in [-0.1, -0.05) is 23.7 Å². The van der Waals surface area contributed by atoms with Crippen LogP contribution in [0.1, 0.15) is 27.2 Å². The lowest BCUT2D eigenvalue weighted by atomic mass is 10.1. The molecule has 1 aromatic rings. The van der Waals surface area contributed by atoms with Gasteiger partial charge < -0.3 is 10.1 Å². The van der Waals surface area contributed by atoms with Crippen molar-refractivity contribution in [2.75, 3.05) is 6.61 Å². The Morgan fingerprint density at radius 2 is 2.00 bits per heavy atom. The molecule has 1 N–H and O–H groups in total. The number of ether oxygens (including phenoxy) is 1. The average molecular weight is 256 g/mol. The number of amides is 1. The van der Waals surface area contributed by atoms with Gasteiger partial charge in [0.25, 0.3) is 0 Å². The first kappa shape index (κ1) is 13.8. The van der Waals surface area contributed by atoms with Gasteiger partial charge in [0, 0.05) is 5.54 Å². The third-order valence-corrected chi connectivity index (χ3v) is 2.25. The zero-order chi connectivity index (χ0) is 12.9. The highest BCUT2D eigenvalue weighted by molar-refractivity contribution is 6.32. The van der Waals surface area contributed by atoms with E-state index in [1.54, 1.807) is 12.1 Å². The van der Waals surface area contributed by atoms with Crippen LogP contribution in [0.3, 0.4) is 0 Å². The van der Waals surface area contributed by atoms with Crippen LogP contribution >= 0.6 is 11.6 Å². The summed E-state index contributed by atoms with van der Waals surface area (Å²) in [4.78, 5) is 11.5. The molecule has 0 spiro atoms. The molecule has 0 fully saturated rings. The van der Waals surface area contributed by atoms with Crippen LogP contribution in [0, 0.1) is 0 Å². The number of rotatable bonds is 4. The van der Waals surface area contributed by atoms with E-state index in [2.05, 4.69) is 5.32 Å². The van der Waals surface area contributed by atoms with E-state index in [9.17, 15) is 4.79 Å². The van der Waals surface area contributed by atoms with Gasteiger partial charge in [0.1, 0.15) is 5.75 Å². The maximum atomic E-state index is 11.5. The van der Waals surface area contributed by atoms with Gasteiger partial charge in [0.15, 0.2) is 0 Å². The number of hydrogen-bond acceptors (Lipinski definition) is 2. The van der Waals surface area contributed by atoms with E-state index >= 15 is 0 Å². The Labute approximate surface area is 107 Å². The Hall–Kier alpha value is -1.22. The zero-order valence-electron chi connectivity index (χ0n) is 10.4. The second-order valence-electron chi connectivity index (χ2n) is 4.83. The Bertz CT molecular complexity index is 385. The number of para-hydroxylation sites is 1. The minimum Gasteiger partial charge on any atom is -0.491 e. The standard InChI is InChI=1S/C13H18ClNO2/c1-13(2,3)15-12(16)8-9-17-11-7-5-4-6-10(11)14/h4-7H,8-9H2,1-3H3,(H,15,16). The van der Waals surface area contributed by atoms with Crippen LogP contribution in [-0.2, 0) is 4.79 Å². The molecule has 0 aliphatic carbocycles. The molecule has 17 heavy (non-hydrogen) atoms. The highest BCUT2D eigenvalue weighted by atomic mass is 35.5. The van der Waals surface area contributed by atoms with Crippen LogP contribution < -0.4 is 10.1 Å². The number of nitrogens with one attached hydrogen (secondary N) is 1. The van der Waals surface area contributed by atoms with Crippen LogP contribution in [0.4, 0.5) is 0 Å². The molecule has 94 valence electrons. The second kappa shape index (κ2) is 5.92. The molecule has 0 bridgehead atoms. The second-order valence-corrected chi connectivity index (χ2v) is 5.23. The third kappa shape index (κ3) is 5.59. The molecule has 0 saturated heterocycles. The lowest BCUT2D eigenvalue weighted by Gasteiger charge is -2.20. The fourth-order valence-electron chi connectivity index (χ4n) is 1.30. The summed E-state index contributed by atoms with van der Waals surface area (Å²) in [6.07, 6.45) is 0.322. The van der Waals surface area contributed by atoms with Crippen molar-refractivity contribution in [1.29, 1.82) is 0 Å². The number of benzene rings is 1. The molecule has 0 aliphatic heterocycles. The molecule has 0 unspecified atom stereocenters. The van der Waals surface area contributed by atoms with E-state index < -0.39 is 0 Å². The van der Waals surface area contributed by atoms with Gasteiger partial charge in [-0.25, -0.2) is 0 Å². The normalized spacial score (nSPS) is 11.1. The average Bonchev–Trinajstić information content (AvgIpc) is 2.18. The van der Waals surface area contributed by atoms with Crippen LogP contribution in [-0.4, -0.2) is 18.1 Å². The van der Waals surface area contributed by atoms with Gasteiger partial charge in [-0.3, -0.25) is 4.79 Å². The molecule has 3 nitrogen and oxygen atoms in total. The molecular formula is C13H18ClNO2. The zero-order valence-corrected chi connectivity index (χ0v) is 11.2. The van der Waals surface area contributed by atoms with Crippen molar-refractivity contribution in [2.45, 2.75) is 32.7 Å². The molecule has 4 heteroatoms. The van der Waals surface area contributed by atoms with E-state index in [0.29, 0.717) is 23.8 Å². The van der Waals surface area contributed by atoms with Gasteiger partial charge in [0.2, 0.25) is 5.91 Å². The summed E-state index contributed by atoms with van der Waals surface area (Å²) in [5, 5.41) is 3.43. The molecule has 0 radical (unpaired) electrons. The Balaban J connectivity index is 2.34. The van der Waals surface area contributed by atoms with Crippen LogP contribution in [0.15, 0.2) is 24.3 Å². The lowest BCUT2D eigenvalue weighted by molar-refractivity contribution is -0.122. The Morgan fingerprint density at radius 1 is 1.35 bits per heavy atom. The predicted molar refractivity (Wildman–Crippen MR) is 69.5 cm³/mol. The largest absolute Gasteiger partial charge is 0.491 e. The van der Waals surface area contributed by atoms with E-state index in [4.69, 9.17) is 16.3 Å². The monoisotopic (exact) mass is 255 g/mol. The first-order valence-electron chi connectivity index (χ1n) is 5.57. The number of halogens is 1. The molecule has 1 rings (SSSR count). The minimum absolute atomic E-state index is 0.0236. The van der Waals surface area contributed by atoms with Crippen molar-refractivity contribution in [2.24, 2.45) is 0 Å². The molecule has 0 atom stereocenters. The Morgan fingerprint density at radius 3 is 2.59 bits per heavy atom. The highest BCUT2D eigenvalue weighted by Crippen LogP contribution is 2.22. The Kier molecular flexibility index (Phi) is 4.82. The van der Waals surface area contributed by atoms with Gasteiger partial charge in [-0.05, 0) is 32.9 Å². The topological polar surface area (TPSA) is 38.3 Å². The number of hydrogen-bond donors (Lipinski definition) is 1. The van der Waals surface area contributed by atoms with Crippen molar-refractivity contribution >= 4 is 17.5 Å². The van der Waals surface area contributed by atoms with E-state index in [-0.39, 0.29) is 11.4 Å². The third-order valence-electron chi connectivity index (χ3n) is 1.94. The van der Waals surface area contributed by atoms with Crippen molar-refractivity contribution in [3.63, 3.8) is 0 Å². The summed E-state index contributed by atoms with van der Waals surface area (Å²) in [7, 11) is 0. The molecule has 0 saturated carbocycles. The first-order valence-corrected chi connectivity index (χ1v) is 5.94. The molecular weight excluding hydrogens is 238 g/mol. The summed E-state index contributed by atoms with van der Waals surface area (Å²) < 4.78 is 5.43. The molecule has 1 amide bonds. The number of carbonyl (C=O) groups excluding carboxylic acids is 1. The van der Waals surface area contributed by atoms with E-state index in [1.165, 1.54) is 0 Å². The maximum absolute atomic E-state index is 11.5. The molecule has 0 aliphatic rings. The van der Waals surface area contributed by atoms with Gasteiger partial charge in [0.05, 0.1) is 18.1 Å². The maximum Gasteiger partial charge on any atom is 0.223 e. The summed E-state index contributed by atoms with van der Waals surface area (Å²) in [6, 6.07) is 7.22. The van der Waals surface area contributed by atoms with Gasteiger partial charge >= 0.3 is 0 Å². The van der Waals surface area contributed by atoms with Crippen LogP contribution in [0.5, 0.6) is 5.75 Å². The molecule has 0 aromatic heterocycles. The molecule has 0 heterocycles. The van der Waals surface area contributed by atoms with E-state index in [1.807, 2.05) is 32.9 Å². The lowest BCUT2D eigenvalue weighted by Crippen LogP contribution is -2.41. The fourth-order valence-corrected chi connectivity index (χ4v) is 1.49. The summed E-state index contributed by atoms with van der Waals surface area (Å²) in [6.45, 7) is 6.16. The van der Waals surface area contributed by atoms with Crippen molar-refractivity contribution in [3.05, 3.63) is 29.3 Å². The van der Waals surface area contributed by atoms with Gasteiger partial charge in [-0.15, -0.1) is 0 Å². The first-order chi connectivity index (χ1) is 7.88. The van der Waals surface area contributed by atoms with E-state index in [0.717, 1.165) is 0 Å². The van der Waals surface area contributed by atoms with Crippen molar-refractivity contribution < 1.29 is 9.53 Å². The summed E-state index contributed by atoms with van der Waals surface area (Å²) in [5.41, 5.74) is -0.207. The van der Waals surface area contributed by atoms with Crippen molar-refractivity contribution in [1.82, 2.24) is 5.32 Å². The molecule has 1 aromatic carbocycles.